The Morgan fingerprint density at radius 1 is 1.77 bits per heavy atom. The standard InChI is InChI=1S/C9H13N3O/c1-3-12-6-8(7(2)11-12)4-5-9(10)13/h4-6H,3H2,1-2H3,(H2,10,13)/b5-4+. The van der Waals surface area contributed by atoms with Crippen molar-refractivity contribution in [2.24, 2.45) is 5.73 Å². The van der Waals surface area contributed by atoms with Crippen LogP contribution in [0.2, 0.25) is 0 Å². The van der Waals surface area contributed by atoms with Crippen molar-refractivity contribution in [3.63, 3.8) is 0 Å². The molecule has 1 amide bonds. The first kappa shape index (κ1) is 9.51. The van der Waals surface area contributed by atoms with E-state index in [0.29, 0.717) is 0 Å². The highest BCUT2D eigenvalue weighted by Crippen LogP contribution is 2.07. The van der Waals surface area contributed by atoms with Crippen molar-refractivity contribution in [1.82, 2.24) is 9.78 Å². The van der Waals surface area contributed by atoms with Gasteiger partial charge in [-0.2, -0.15) is 5.10 Å². The number of carbonyl (C=O) groups excluding carboxylic acids is 1. The van der Waals surface area contributed by atoms with Gasteiger partial charge in [-0.05, 0) is 19.9 Å². The van der Waals surface area contributed by atoms with Gasteiger partial charge in [0.2, 0.25) is 5.91 Å². The molecule has 70 valence electrons. The van der Waals surface area contributed by atoms with Crippen molar-refractivity contribution < 1.29 is 4.79 Å². The van der Waals surface area contributed by atoms with E-state index in [1.54, 1.807) is 6.08 Å². The number of aromatic nitrogens is 2. The fourth-order valence-electron chi connectivity index (χ4n) is 1.03. The monoisotopic (exact) mass is 179 g/mol. The number of amides is 1. The van der Waals surface area contributed by atoms with Crippen LogP contribution in [-0.2, 0) is 11.3 Å². The smallest absolute Gasteiger partial charge is 0.241 e. The minimum atomic E-state index is -0.441. The first-order valence-corrected chi connectivity index (χ1v) is 4.15. The molecule has 0 saturated heterocycles. The van der Waals surface area contributed by atoms with Gasteiger partial charge >= 0.3 is 0 Å². The molecule has 0 aliphatic heterocycles. The zero-order chi connectivity index (χ0) is 9.84. The Labute approximate surface area is 77.0 Å². The van der Waals surface area contributed by atoms with Crippen LogP contribution in [0.1, 0.15) is 18.2 Å². The molecule has 13 heavy (non-hydrogen) atoms. The number of nitrogens with zero attached hydrogens (tertiary/aromatic N) is 2. The van der Waals surface area contributed by atoms with E-state index >= 15 is 0 Å². The van der Waals surface area contributed by atoms with E-state index in [1.165, 1.54) is 6.08 Å². The number of carbonyl (C=O) groups is 1. The van der Waals surface area contributed by atoms with Crippen molar-refractivity contribution in [3.8, 4) is 0 Å². The summed E-state index contributed by atoms with van der Waals surface area (Å²) >= 11 is 0. The van der Waals surface area contributed by atoms with Gasteiger partial charge < -0.3 is 5.73 Å². The summed E-state index contributed by atoms with van der Waals surface area (Å²) in [6, 6.07) is 0. The van der Waals surface area contributed by atoms with Crippen molar-refractivity contribution in [3.05, 3.63) is 23.5 Å². The molecule has 0 atom stereocenters. The Morgan fingerprint density at radius 2 is 2.46 bits per heavy atom. The topological polar surface area (TPSA) is 60.9 Å². The van der Waals surface area contributed by atoms with Crippen LogP contribution in [0.25, 0.3) is 6.08 Å². The van der Waals surface area contributed by atoms with Gasteiger partial charge in [0.1, 0.15) is 0 Å². The van der Waals surface area contributed by atoms with Crippen LogP contribution in [0.5, 0.6) is 0 Å². The Morgan fingerprint density at radius 3 is 2.92 bits per heavy atom. The van der Waals surface area contributed by atoms with Gasteiger partial charge in [0.25, 0.3) is 0 Å². The molecule has 0 saturated carbocycles. The lowest BCUT2D eigenvalue weighted by Crippen LogP contribution is -2.05. The van der Waals surface area contributed by atoms with E-state index in [1.807, 2.05) is 24.7 Å². The summed E-state index contributed by atoms with van der Waals surface area (Å²) in [6.45, 7) is 4.73. The number of rotatable bonds is 3. The molecule has 0 aromatic carbocycles. The predicted octanol–water partition coefficient (Wildman–Crippen LogP) is 0.710. The normalized spacial score (nSPS) is 10.9. The second-order valence-corrected chi connectivity index (χ2v) is 2.76. The Hall–Kier alpha value is -1.58. The van der Waals surface area contributed by atoms with Gasteiger partial charge in [-0.3, -0.25) is 9.48 Å². The number of nitrogens with two attached hydrogens (primary N) is 1. The maximum absolute atomic E-state index is 10.5. The van der Waals surface area contributed by atoms with Crippen LogP contribution in [0.15, 0.2) is 12.3 Å². The predicted molar refractivity (Wildman–Crippen MR) is 50.9 cm³/mol. The summed E-state index contributed by atoms with van der Waals surface area (Å²) in [6.07, 6.45) is 4.90. The number of hydrogen-bond donors (Lipinski definition) is 1. The summed E-state index contributed by atoms with van der Waals surface area (Å²) < 4.78 is 1.82. The molecule has 1 aromatic heterocycles. The molecule has 1 rings (SSSR count). The second-order valence-electron chi connectivity index (χ2n) is 2.76. The van der Waals surface area contributed by atoms with E-state index in [-0.39, 0.29) is 0 Å². The van der Waals surface area contributed by atoms with Crippen LogP contribution >= 0.6 is 0 Å². The quantitative estimate of drug-likeness (QED) is 0.694. The van der Waals surface area contributed by atoms with Gasteiger partial charge in [0.05, 0.1) is 5.69 Å². The Kier molecular flexibility index (Phi) is 2.84. The molecule has 0 radical (unpaired) electrons. The minimum absolute atomic E-state index is 0.441. The third kappa shape index (κ3) is 2.43. The van der Waals surface area contributed by atoms with Crippen LogP contribution < -0.4 is 5.73 Å². The van der Waals surface area contributed by atoms with E-state index in [0.717, 1.165) is 17.8 Å². The van der Waals surface area contributed by atoms with Crippen molar-refractivity contribution >= 4 is 12.0 Å². The maximum atomic E-state index is 10.5. The summed E-state index contributed by atoms with van der Waals surface area (Å²) in [5, 5.41) is 4.22. The molecular weight excluding hydrogens is 166 g/mol. The fourth-order valence-corrected chi connectivity index (χ4v) is 1.03. The van der Waals surface area contributed by atoms with Crippen LogP contribution in [0.4, 0.5) is 0 Å². The van der Waals surface area contributed by atoms with Gasteiger partial charge in [-0.15, -0.1) is 0 Å². The molecule has 1 heterocycles. The van der Waals surface area contributed by atoms with Crippen LogP contribution in [0, 0.1) is 6.92 Å². The molecule has 0 fully saturated rings. The first-order valence-electron chi connectivity index (χ1n) is 4.15. The molecule has 4 heteroatoms. The van der Waals surface area contributed by atoms with Gasteiger partial charge in [0, 0.05) is 24.4 Å². The lowest BCUT2D eigenvalue weighted by molar-refractivity contribution is -0.113. The molecule has 1 aromatic rings. The average Bonchev–Trinajstić information content (AvgIpc) is 2.43. The van der Waals surface area contributed by atoms with Gasteiger partial charge in [-0.25, -0.2) is 0 Å². The van der Waals surface area contributed by atoms with E-state index in [4.69, 9.17) is 5.73 Å². The molecule has 0 bridgehead atoms. The van der Waals surface area contributed by atoms with Gasteiger partial charge in [0.15, 0.2) is 0 Å². The average molecular weight is 179 g/mol. The highest BCUT2D eigenvalue weighted by atomic mass is 16.1. The fraction of sp³-hybridized carbons (Fsp3) is 0.333. The molecule has 4 nitrogen and oxygen atoms in total. The molecule has 0 aliphatic carbocycles. The molecule has 0 aliphatic rings. The minimum Gasteiger partial charge on any atom is -0.366 e. The molecule has 0 unspecified atom stereocenters. The van der Waals surface area contributed by atoms with Crippen molar-refractivity contribution in [2.45, 2.75) is 20.4 Å². The van der Waals surface area contributed by atoms with Crippen LogP contribution in [-0.4, -0.2) is 15.7 Å². The summed E-state index contributed by atoms with van der Waals surface area (Å²) in [7, 11) is 0. The van der Waals surface area contributed by atoms with E-state index in [9.17, 15) is 4.79 Å². The largest absolute Gasteiger partial charge is 0.366 e. The van der Waals surface area contributed by atoms with Gasteiger partial charge in [-0.1, -0.05) is 0 Å². The Bertz CT molecular complexity index is 339. The number of hydrogen-bond acceptors (Lipinski definition) is 2. The number of aryl methyl sites for hydroxylation is 2. The number of primary amides is 1. The lowest BCUT2D eigenvalue weighted by Gasteiger charge is -1.89. The molecular formula is C9H13N3O. The third-order valence-electron chi connectivity index (χ3n) is 1.74. The first-order chi connectivity index (χ1) is 6.13. The highest BCUT2D eigenvalue weighted by molar-refractivity contribution is 5.90. The zero-order valence-corrected chi connectivity index (χ0v) is 7.82. The second kappa shape index (κ2) is 3.89. The van der Waals surface area contributed by atoms with Crippen molar-refractivity contribution in [2.75, 3.05) is 0 Å². The maximum Gasteiger partial charge on any atom is 0.241 e. The van der Waals surface area contributed by atoms with E-state index in [2.05, 4.69) is 5.10 Å². The lowest BCUT2D eigenvalue weighted by atomic mass is 10.2. The molecule has 0 spiro atoms. The van der Waals surface area contributed by atoms with Crippen molar-refractivity contribution in [1.29, 1.82) is 0 Å². The molecule has 2 N–H and O–H groups in total. The van der Waals surface area contributed by atoms with E-state index < -0.39 is 5.91 Å². The SMILES string of the molecule is CCn1cc(/C=C/C(N)=O)c(C)n1. The zero-order valence-electron chi connectivity index (χ0n) is 7.82. The summed E-state index contributed by atoms with van der Waals surface area (Å²) in [5.74, 6) is -0.441. The summed E-state index contributed by atoms with van der Waals surface area (Å²) in [4.78, 5) is 10.5. The van der Waals surface area contributed by atoms with Crippen LogP contribution in [0.3, 0.4) is 0 Å². The third-order valence-corrected chi connectivity index (χ3v) is 1.74. The Balaban J connectivity index is 2.88. The summed E-state index contributed by atoms with van der Waals surface area (Å²) in [5.41, 5.74) is 6.81. The highest BCUT2D eigenvalue weighted by Gasteiger charge is 1.99.